The zero-order valence-electron chi connectivity index (χ0n) is 12.1. The second kappa shape index (κ2) is 7.20. The molecule has 0 atom stereocenters. The third-order valence-electron chi connectivity index (χ3n) is 3.52. The number of carbonyl (C=O) groups excluding carboxylic acids is 1. The van der Waals surface area contributed by atoms with Crippen LogP contribution in [-0.4, -0.2) is 43.5 Å². The minimum atomic E-state index is 0.0630. The summed E-state index contributed by atoms with van der Waals surface area (Å²) >= 11 is 3.54. The second-order valence-corrected chi connectivity index (χ2v) is 6.14. The Morgan fingerprint density at radius 1 is 1.30 bits per heavy atom. The first-order valence-corrected chi connectivity index (χ1v) is 7.85. The van der Waals surface area contributed by atoms with Crippen LogP contribution in [0.1, 0.15) is 17.5 Å². The van der Waals surface area contributed by atoms with Gasteiger partial charge in [-0.25, -0.2) is 0 Å². The molecule has 20 heavy (non-hydrogen) atoms. The van der Waals surface area contributed by atoms with Crippen molar-refractivity contribution < 1.29 is 4.79 Å². The number of hydrogen-bond acceptors (Lipinski definition) is 3. The highest BCUT2D eigenvalue weighted by Gasteiger charge is 2.13. The fourth-order valence-corrected chi connectivity index (χ4v) is 2.71. The SMILES string of the molecule is Cc1cc(NC(=O)CN2CCCNCC2)cc(C)c1Br. The van der Waals surface area contributed by atoms with Gasteiger partial charge in [0.1, 0.15) is 0 Å². The van der Waals surface area contributed by atoms with E-state index < -0.39 is 0 Å². The van der Waals surface area contributed by atoms with E-state index in [0.717, 1.165) is 53.9 Å². The van der Waals surface area contributed by atoms with Crippen molar-refractivity contribution in [2.45, 2.75) is 20.3 Å². The van der Waals surface area contributed by atoms with Crippen molar-refractivity contribution >= 4 is 27.5 Å². The zero-order valence-corrected chi connectivity index (χ0v) is 13.7. The van der Waals surface area contributed by atoms with Gasteiger partial charge in [0.2, 0.25) is 5.91 Å². The number of anilines is 1. The molecule has 1 amide bonds. The predicted octanol–water partition coefficient (Wildman–Crippen LogP) is 2.30. The van der Waals surface area contributed by atoms with E-state index in [9.17, 15) is 4.79 Å². The van der Waals surface area contributed by atoms with E-state index in [2.05, 4.69) is 31.5 Å². The van der Waals surface area contributed by atoms with Gasteiger partial charge in [0.05, 0.1) is 6.54 Å². The summed E-state index contributed by atoms with van der Waals surface area (Å²) < 4.78 is 1.11. The minimum Gasteiger partial charge on any atom is -0.325 e. The van der Waals surface area contributed by atoms with Crippen LogP contribution in [0.15, 0.2) is 16.6 Å². The van der Waals surface area contributed by atoms with Gasteiger partial charge in [-0.2, -0.15) is 0 Å². The molecule has 1 aliphatic rings. The first-order valence-electron chi connectivity index (χ1n) is 7.06. The van der Waals surface area contributed by atoms with E-state index in [0.29, 0.717) is 6.54 Å². The first-order chi connectivity index (χ1) is 9.56. The Hall–Kier alpha value is -0.910. The summed E-state index contributed by atoms with van der Waals surface area (Å²) in [5.41, 5.74) is 3.15. The molecule has 1 aromatic rings. The summed E-state index contributed by atoms with van der Waals surface area (Å²) in [5.74, 6) is 0.0630. The van der Waals surface area contributed by atoms with Crippen molar-refractivity contribution in [3.63, 3.8) is 0 Å². The Bertz CT molecular complexity index is 459. The third kappa shape index (κ3) is 4.30. The van der Waals surface area contributed by atoms with Gasteiger partial charge in [-0.3, -0.25) is 9.69 Å². The molecular formula is C15H22BrN3O. The quantitative estimate of drug-likeness (QED) is 0.888. The normalized spacial score (nSPS) is 16.8. The molecular weight excluding hydrogens is 318 g/mol. The summed E-state index contributed by atoms with van der Waals surface area (Å²) in [6.45, 7) is 8.47. The fourth-order valence-electron chi connectivity index (χ4n) is 2.48. The van der Waals surface area contributed by atoms with Gasteiger partial charge in [0.15, 0.2) is 0 Å². The molecule has 1 aromatic carbocycles. The van der Waals surface area contributed by atoms with Crippen LogP contribution >= 0.6 is 15.9 Å². The molecule has 1 fully saturated rings. The Morgan fingerprint density at radius 2 is 2.00 bits per heavy atom. The van der Waals surface area contributed by atoms with Gasteiger partial charge in [-0.1, -0.05) is 15.9 Å². The number of nitrogens with zero attached hydrogens (tertiary/aromatic N) is 1. The standard InChI is InChI=1S/C15H22BrN3O/c1-11-8-13(9-12(2)15(11)16)18-14(20)10-19-6-3-4-17-5-7-19/h8-9,17H,3-7,10H2,1-2H3,(H,18,20). The van der Waals surface area contributed by atoms with Crippen LogP contribution in [0.2, 0.25) is 0 Å². The van der Waals surface area contributed by atoms with E-state index >= 15 is 0 Å². The maximum absolute atomic E-state index is 12.1. The van der Waals surface area contributed by atoms with Gasteiger partial charge < -0.3 is 10.6 Å². The van der Waals surface area contributed by atoms with Crippen molar-refractivity contribution in [3.8, 4) is 0 Å². The van der Waals surface area contributed by atoms with Crippen molar-refractivity contribution in [3.05, 3.63) is 27.7 Å². The molecule has 1 heterocycles. The van der Waals surface area contributed by atoms with Gasteiger partial charge in [0, 0.05) is 23.2 Å². The molecule has 0 saturated carbocycles. The van der Waals surface area contributed by atoms with Gasteiger partial charge in [0.25, 0.3) is 0 Å². The van der Waals surface area contributed by atoms with Gasteiger partial charge in [-0.15, -0.1) is 0 Å². The summed E-state index contributed by atoms with van der Waals surface area (Å²) in [4.78, 5) is 14.3. The Morgan fingerprint density at radius 3 is 2.70 bits per heavy atom. The van der Waals surface area contributed by atoms with Crippen molar-refractivity contribution in [1.82, 2.24) is 10.2 Å². The minimum absolute atomic E-state index is 0.0630. The number of halogens is 1. The van der Waals surface area contributed by atoms with Crippen LogP contribution in [-0.2, 0) is 4.79 Å². The molecule has 0 spiro atoms. The van der Waals surface area contributed by atoms with Crippen LogP contribution in [0.3, 0.4) is 0 Å². The monoisotopic (exact) mass is 339 g/mol. The lowest BCUT2D eigenvalue weighted by molar-refractivity contribution is -0.117. The number of amides is 1. The topological polar surface area (TPSA) is 44.4 Å². The molecule has 0 unspecified atom stereocenters. The highest BCUT2D eigenvalue weighted by Crippen LogP contribution is 2.24. The summed E-state index contributed by atoms with van der Waals surface area (Å²) in [7, 11) is 0. The van der Waals surface area contributed by atoms with Crippen molar-refractivity contribution in [2.24, 2.45) is 0 Å². The fraction of sp³-hybridized carbons (Fsp3) is 0.533. The van der Waals surface area contributed by atoms with E-state index in [-0.39, 0.29) is 5.91 Å². The van der Waals surface area contributed by atoms with Crippen molar-refractivity contribution in [1.29, 1.82) is 0 Å². The van der Waals surface area contributed by atoms with E-state index in [1.165, 1.54) is 0 Å². The molecule has 2 N–H and O–H groups in total. The zero-order chi connectivity index (χ0) is 14.5. The largest absolute Gasteiger partial charge is 0.325 e. The molecule has 0 bridgehead atoms. The van der Waals surface area contributed by atoms with Gasteiger partial charge >= 0.3 is 0 Å². The highest BCUT2D eigenvalue weighted by molar-refractivity contribution is 9.10. The van der Waals surface area contributed by atoms with E-state index in [1.54, 1.807) is 0 Å². The van der Waals surface area contributed by atoms with Crippen LogP contribution in [0.25, 0.3) is 0 Å². The van der Waals surface area contributed by atoms with Gasteiger partial charge in [-0.05, 0) is 56.6 Å². The summed E-state index contributed by atoms with van der Waals surface area (Å²) in [6.07, 6.45) is 1.10. The second-order valence-electron chi connectivity index (χ2n) is 5.35. The third-order valence-corrected chi connectivity index (χ3v) is 4.77. The molecule has 4 nitrogen and oxygen atoms in total. The number of benzene rings is 1. The number of nitrogens with one attached hydrogen (secondary N) is 2. The number of aryl methyl sites for hydroxylation is 2. The predicted molar refractivity (Wildman–Crippen MR) is 86.2 cm³/mol. The Balaban J connectivity index is 1.94. The Labute approximate surface area is 129 Å². The lowest BCUT2D eigenvalue weighted by Crippen LogP contribution is -2.35. The Kier molecular flexibility index (Phi) is 5.57. The summed E-state index contributed by atoms with van der Waals surface area (Å²) in [5, 5.41) is 6.34. The smallest absolute Gasteiger partial charge is 0.238 e. The maximum atomic E-state index is 12.1. The average molecular weight is 340 g/mol. The molecule has 0 radical (unpaired) electrons. The average Bonchev–Trinajstić information content (AvgIpc) is 2.64. The summed E-state index contributed by atoms with van der Waals surface area (Å²) in [6, 6.07) is 4.00. The van der Waals surface area contributed by atoms with Crippen LogP contribution < -0.4 is 10.6 Å². The highest BCUT2D eigenvalue weighted by atomic mass is 79.9. The van der Waals surface area contributed by atoms with Crippen molar-refractivity contribution in [2.75, 3.05) is 38.0 Å². The number of carbonyl (C=O) groups is 1. The van der Waals surface area contributed by atoms with Crippen LogP contribution in [0, 0.1) is 13.8 Å². The number of rotatable bonds is 3. The molecule has 2 rings (SSSR count). The van der Waals surface area contributed by atoms with E-state index in [4.69, 9.17) is 0 Å². The molecule has 110 valence electrons. The lowest BCUT2D eigenvalue weighted by Gasteiger charge is -2.19. The first kappa shape index (κ1) is 15.5. The molecule has 5 heteroatoms. The lowest BCUT2D eigenvalue weighted by atomic mass is 10.1. The van der Waals surface area contributed by atoms with Crippen LogP contribution in [0.4, 0.5) is 5.69 Å². The molecule has 0 aliphatic carbocycles. The van der Waals surface area contributed by atoms with Crippen LogP contribution in [0.5, 0.6) is 0 Å². The maximum Gasteiger partial charge on any atom is 0.238 e. The number of hydrogen-bond donors (Lipinski definition) is 2. The molecule has 0 aromatic heterocycles. The van der Waals surface area contributed by atoms with E-state index in [1.807, 2.05) is 26.0 Å². The molecule has 1 aliphatic heterocycles. The molecule has 1 saturated heterocycles.